The molecule has 1 heterocycles. The Morgan fingerprint density at radius 1 is 1.29 bits per heavy atom. The second kappa shape index (κ2) is 7.22. The van der Waals surface area contributed by atoms with E-state index in [0.717, 1.165) is 17.9 Å². The van der Waals surface area contributed by atoms with Gasteiger partial charge in [-0.25, -0.2) is 4.39 Å². The number of halogens is 1. The van der Waals surface area contributed by atoms with E-state index in [1.54, 1.807) is 6.07 Å². The van der Waals surface area contributed by atoms with E-state index < -0.39 is 0 Å². The Hall–Kier alpha value is -1.88. The summed E-state index contributed by atoms with van der Waals surface area (Å²) in [7, 11) is 0. The molecule has 0 radical (unpaired) electrons. The van der Waals surface area contributed by atoms with Gasteiger partial charge in [-0.05, 0) is 37.1 Å². The second-order valence-corrected chi connectivity index (χ2v) is 5.54. The van der Waals surface area contributed by atoms with Crippen molar-refractivity contribution in [3.63, 3.8) is 0 Å². The van der Waals surface area contributed by atoms with Gasteiger partial charge in [0, 0.05) is 18.7 Å². The summed E-state index contributed by atoms with van der Waals surface area (Å²) in [5.41, 5.74) is 1.55. The van der Waals surface area contributed by atoms with Gasteiger partial charge in [-0.15, -0.1) is 0 Å². The highest BCUT2D eigenvalue weighted by Crippen LogP contribution is 2.18. The third-order valence-electron chi connectivity index (χ3n) is 2.88. The summed E-state index contributed by atoms with van der Waals surface area (Å²) in [5, 5.41) is 7.12. The van der Waals surface area contributed by atoms with Crippen molar-refractivity contribution in [3.8, 4) is 5.75 Å². The topological polar surface area (TPSA) is 47.3 Å². The van der Waals surface area contributed by atoms with E-state index in [1.807, 2.05) is 13.0 Å². The van der Waals surface area contributed by atoms with E-state index in [-0.39, 0.29) is 12.4 Å². The fraction of sp³-hybridized carbons (Fsp3) is 0.438. The number of aryl methyl sites for hydroxylation is 1. The van der Waals surface area contributed by atoms with Crippen LogP contribution in [-0.2, 0) is 13.2 Å². The molecule has 0 aliphatic rings. The zero-order chi connectivity index (χ0) is 15.2. The second-order valence-electron chi connectivity index (χ2n) is 5.54. The number of nitrogens with zero attached hydrogens (tertiary/aromatic N) is 1. The van der Waals surface area contributed by atoms with E-state index in [0.29, 0.717) is 23.9 Å². The largest absolute Gasteiger partial charge is 0.487 e. The highest BCUT2D eigenvalue weighted by Gasteiger charge is 2.05. The molecule has 2 rings (SSSR count). The van der Waals surface area contributed by atoms with Crippen LogP contribution in [0.5, 0.6) is 5.75 Å². The smallest absolute Gasteiger partial charge is 0.134 e. The molecule has 2 aromatic rings. The van der Waals surface area contributed by atoms with Crippen LogP contribution >= 0.6 is 0 Å². The van der Waals surface area contributed by atoms with Crippen molar-refractivity contribution in [3.05, 3.63) is 47.1 Å². The third kappa shape index (κ3) is 5.19. The molecule has 1 aromatic heterocycles. The number of aromatic nitrogens is 1. The first-order chi connectivity index (χ1) is 10.0. The van der Waals surface area contributed by atoms with Crippen LogP contribution in [-0.4, -0.2) is 11.7 Å². The van der Waals surface area contributed by atoms with E-state index in [9.17, 15) is 4.39 Å². The van der Waals surface area contributed by atoms with Crippen LogP contribution in [0, 0.1) is 18.7 Å². The summed E-state index contributed by atoms with van der Waals surface area (Å²) in [6.07, 6.45) is 0. The minimum atomic E-state index is -0.301. The zero-order valence-corrected chi connectivity index (χ0v) is 12.6. The molecule has 0 spiro atoms. The van der Waals surface area contributed by atoms with Gasteiger partial charge >= 0.3 is 0 Å². The predicted molar refractivity (Wildman–Crippen MR) is 78.5 cm³/mol. The average Bonchev–Trinajstić information content (AvgIpc) is 2.81. The highest BCUT2D eigenvalue weighted by molar-refractivity contribution is 5.29. The molecule has 0 bridgehead atoms. The molecule has 0 unspecified atom stereocenters. The molecule has 4 nitrogen and oxygen atoms in total. The van der Waals surface area contributed by atoms with Gasteiger partial charge in [0.25, 0.3) is 0 Å². The Bertz CT molecular complexity index is 581. The molecular formula is C16H21FN2O2. The van der Waals surface area contributed by atoms with Crippen molar-refractivity contribution in [2.45, 2.75) is 33.9 Å². The summed E-state index contributed by atoms with van der Waals surface area (Å²) in [6, 6.07) is 6.52. The van der Waals surface area contributed by atoms with E-state index in [1.165, 1.54) is 12.1 Å². The highest BCUT2D eigenvalue weighted by atomic mass is 19.1. The lowest BCUT2D eigenvalue weighted by atomic mass is 10.2. The van der Waals surface area contributed by atoms with E-state index >= 15 is 0 Å². The lowest BCUT2D eigenvalue weighted by Crippen LogP contribution is -2.19. The number of hydrogen-bond acceptors (Lipinski definition) is 4. The van der Waals surface area contributed by atoms with E-state index in [2.05, 4.69) is 24.3 Å². The molecule has 1 N–H and O–H groups in total. The van der Waals surface area contributed by atoms with Crippen LogP contribution in [0.25, 0.3) is 0 Å². The molecule has 0 amide bonds. The lowest BCUT2D eigenvalue weighted by Gasteiger charge is -2.10. The summed E-state index contributed by atoms with van der Waals surface area (Å²) < 4.78 is 24.1. The van der Waals surface area contributed by atoms with Crippen molar-refractivity contribution >= 4 is 0 Å². The third-order valence-corrected chi connectivity index (χ3v) is 2.88. The normalized spacial score (nSPS) is 11.1. The monoisotopic (exact) mass is 292 g/mol. The number of ether oxygens (including phenoxy) is 1. The van der Waals surface area contributed by atoms with Crippen molar-refractivity contribution < 1.29 is 13.7 Å². The number of nitrogens with one attached hydrogen (secondary N) is 1. The average molecular weight is 292 g/mol. The minimum Gasteiger partial charge on any atom is -0.487 e. The fourth-order valence-corrected chi connectivity index (χ4v) is 1.95. The summed E-state index contributed by atoms with van der Waals surface area (Å²) in [6.45, 7) is 7.86. The van der Waals surface area contributed by atoms with Crippen molar-refractivity contribution in [2.24, 2.45) is 5.92 Å². The number of hydrogen-bond donors (Lipinski definition) is 1. The molecule has 0 atom stereocenters. The summed E-state index contributed by atoms with van der Waals surface area (Å²) in [4.78, 5) is 0. The molecule has 0 aliphatic carbocycles. The van der Waals surface area contributed by atoms with Crippen LogP contribution in [0.1, 0.15) is 30.9 Å². The Kier molecular flexibility index (Phi) is 5.33. The Labute approximate surface area is 124 Å². The zero-order valence-electron chi connectivity index (χ0n) is 12.6. The molecule has 0 aliphatic heterocycles. The first-order valence-electron chi connectivity index (χ1n) is 7.08. The van der Waals surface area contributed by atoms with Crippen LogP contribution in [0.2, 0.25) is 0 Å². The van der Waals surface area contributed by atoms with Gasteiger partial charge in [0.2, 0.25) is 0 Å². The first-order valence-corrected chi connectivity index (χ1v) is 7.08. The molecular weight excluding hydrogens is 271 g/mol. The maximum absolute atomic E-state index is 13.6. The maximum Gasteiger partial charge on any atom is 0.134 e. The van der Waals surface area contributed by atoms with Crippen molar-refractivity contribution in [1.29, 1.82) is 0 Å². The predicted octanol–water partition coefficient (Wildman–Crippen LogP) is 3.45. The SMILES string of the molecule is Cc1cc(COc2cc(F)cc(CNCC(C)C)c2)no1. The number of rotatable bonds is 7. The number of benzene rings is 1. The summed E-state index contributed by atoms with van der Waals surface area (Å²) >= 11 is 0. The van der Waals surface area contributed by atoms with Gasteiger partial charge < -0.3 is 14.6 Å². The molecule has 0 saturated heterocycles. The molecule has 0 saturated carbocycles. The van der Waals surface area contributed by atoms with Crippen LogP contribution < -0.4 is 10.1 Å². The van der Waals surface area contributed by atoms with Gasteiger partial charge in [0.1, 0.15) is 29.6 Å². The van der Waals surface area contributed by atoms with Crippen LogP contribution in [0.3, 0.4) is 0 Å². The van der Waals surface area contributed by atoms with Gasteiger partial charge in [-0.3, -0.25) is 0 Å². The Morgan fingerprint density at radius 2 is 2.10 bits per heavy atom. The lowest BCUT2D eigenvalue weighted by molar-refractivity contribution is 0.286. The van der Waals surface area contributed by atoms with Gasteiger partial charge in [0.05, 0.1) is 0 Å². The Balaban J connectivity index is 1.94. The molecule has 21 heavy (non-hydrogen) atoms. The maximum atomic E-state index is 13.6. The van der Waals surface area contributed by atoms with Crippen LogP contribution in [0.15, 0.2) is 28.8 Å². The van der Waals surface area contributed by atoms with Crippen molar-refractivity contribution in [1.82, 2.24) is 10.5 Å². The van der Waals surface area contributed by atoms with Crippen molar-refractivity contribution in [2.75, 3.05) is 6.54 Å². The van der Waals surface area contributed by atoms with Crippen LogP contribution in [0.4, 0.5) is 4.39 Å². The molecule has 1 aromatic carbocycles. The fourth-order valence-electron chi connectivity index (χ4n) is 1.95. The first kappa shape index (κ1) is 15.5. The standard InChI is InChI=1S/C16H21FN2O2/c1-11(2)8-18-9-13-5-14(17)7-16(6-13)20-10-15-4-12(3)21-19-15/h4-7,11,18H,8-10H2,1-3H3. The minimum absolute atomic E-state index is 0.264. The van der Waals surface area contributed by atoms with Gasteiger partial charge in [-0.1, -0.05) is 19.0 Å². The van der Waals surface area contributed by atoms with Gasteiger partial charge in [0.15, 0.2) is 0 Å². The van der Waals surface area contributed by atoms with E-state index in [4.69, 9.17) is 9.26 Å². The van der Waals surface area contributed by atoms with Gasteiger partial charge in [-0.2, -0.15) is 0 Å². The molecule has 5 heteroatoms. The molecule has 114 valence electrons. The Morgan fingerprint density at radius 3 is 2.76 bits per heavy atom. The quantitative estimate of drug-likeness (QED) is 0.849. The summed E-state index contributed by atoms with van der Waals surface area (Å²) in [5.74, 6) is 1.48. The molecule has 0 fully saturated rings.